The highest BCUT2D eigenvalue weighted by Gasteiger charge is 2.45. The molecular formula is C31H38F3N6O5P. The molecule has 2 aliphatic heterocycles. The van der Waals surface area contributed by atoms with Crippen LogP contribution in [0.3, 0.4) is 0 Å². The van der Waals surface area contributed by atoms with Gasteiger partial charge in [0.1, 0.15) is 17.1 Å². The zero-order valence-corrected chi connectivity index (χ0v) is 26.9. The Morgan fingerprint density at radius 3 is 2.37 bits per heavy atom. The van der Waals surface area contributed by atoms with E-state index in [9.17, 15) is 32.3 Å². The molecule has 2 aliphatic rings. The van der Waals surface area contributed by atoms with Gasteiger partial charge in [-0.05, 0) is 79.6 Å². The second-order valence-corrected chi connectivity index (χ2v) is 13.6. The number of carbonyl (C=O) groups is 1. The Hall–Kier alpha value is -3.71. The van der Waals surface area contributed by atoms with Crippen LogP contribution < -0.4 is 20.7 Å². The van der Waals surface area contributed by atoms with Gasteiger partial charge in [0, 0.05) is 19.8 Å². The molecule has 15 heteroatoms. The van der Waals surface area contributed by atoms with E-state index >= 15 is 0 Å². The number of nitrogens with one attached hydrogen (secondary N) is 3. The first kappa shape index (κ1) is 33.6. The number of benzene rings is 2. The summed E-state index contributed by atoms with van der Waals surface area (Å²) in [5.41, 5.74) is 1.90. The summed E-state index contributed by atoms with van der Waals surface area (Å²) in [6.07, 6.45) is -2.01. The Morgan fingerprint density at radius 2 is 1.76 bits per heavy atom. The van der Waals surface area contributed by atoms with E-state index in [4.69, 9.17) is 4.74 Å². The maximum Gasteiger partial charge on any atom is 0.421 e. The maximum atomic E-state index is 14.2. The van der Waals surface area contributed by atoms with Gasteiger partial charge in [-0.1, -0.05) is 26.0 Å². The first-order chi connectivity index (χ1) is 21.7. The van der Waals surface area contributed by atoms with Crippen molar-refractivity contribution >= 4 is 36.6 Å². The minimum absolute atomic E-state index is 0.168. The Morgan fingerprint density at radius 1 is 1.09 bits per heavy atom. The van der Waals surface area contributed by atoms with E-state index in [1.807, 2.05) is 6.07 Å². The largest absolute Gasteiger partial charge is 0.495 e. The maximum absolute atomic E-state index is 14.2. The molecular weight excluding hydrogens is 624 g/mol. The number of aromatic nitrogens is 2. The van der Waals surface area contributed by atoms with Crippen molar-refractivity contribution in [2.45, 2.75) is 63.3 Å². The standard InChI is InChI=1S/C31H38F3N6O5P/c1-5-30(6-2,46(42,43)44)19-7-9-23(25(15-19)45-4)38-29-36-16-22(31(32,33)34)27(39-29)37-24-10-8-20(18-11-13-35-14-12-18)21-17-40(3)28(41)26(21)24/h7-10,15-16,18,35H,5-6,11-14,17H2,1-4H3,(H2,42,43,44)(H2,36,37,38,39). The lowest BCUT2D eigenvalue weighted by Gasteiger charge is -2.33. The van der Waals surface area contributed by atoms with Crippen LogP contribution >= 0.6 is 7.60 Å². The number of anilines is 4. The van der Waals surface area contributed by atoms with Crippen LogP contribution in [0.2, 0.25) is 0 Å². The Labute approximate surface area is 265 Å². The van der Waals surface area contributed by atoms with Gasteiger partial charge in [0.05, 0.1) is 29.2 Å². The van der Waals surface area contributed by atoms with Gasteiger partial charge in [0.15, 0.2) is 0 Å². The highest BCUT2D eigenvalue weighted by molar-refractivity contribution is 7.53. The average molecular weight is 663 g/mol. The van der Waals surface area contributed by atoms with E-state index in [2.05, 4.69) is 25.9 Å². The zero-order valence-electron chi connectivity index (χ0n) is 26.0. The highest BCUT2D eigenvalue weighted by atomic mass is 31.2. The molecule has 1 aromatic heterocycles. The third kappa shape index (κ3) is 6.18. The van der Waals surface area contributed by atoms with Crippen LogP contribution in [0.4, 0.5) is 36.3 Å². The van der Waals surface area contributed by atoms with Crippen LogP contribution in [0.5, 0.6) is 5.75 Å². The smallest absolute Gasteiger partial charge is 0.421 e. The van der Waals surface area contributed by atoms with E-state index in [0.717, 1.165) is 37.1 Å². The fourth-order valence-corrected chi connectivity index (χ4v) is 7.81. The predicted octanol–water partition coefficient (Wildman–Crippen LogP) is 6.24. The third-order valence-corrected chi connectivity index (χ3v) is 11.1. The van der Waals surface area contributed by atoms with Gasteiger partial charge < -0.3 is 35.4 Å². The van der Waals surface area contributed by atoms with Crippen molar-refractivity contribution < 1.29 is 37.1 Å². The van der Waals surface area contributed by atoms with E-state index in [0.29, 0.717) is 23.9 Å². The molecule has 46 heavy (non-hydrogen) atoms. The number of hydrogen-bond acceptors (Lipinski definition) is 8. The van der Waals surface area contributed by atoms with Gasteiger partial charge >= 0.3 is 13.8 Å². The number of piperidine rings is 1. The number of fused-ring (bicyclic) bond motifs is 1. The molecule has 5 rings (SSSR count). The second kappa shape index (κ2) is 12.8. The zero-order chi connectivity index (χ0) is 33.4. The normalized spacial score (nSPS) is 16.0. The van der Waals surface area contributed by atoms with Crippen molar-refractivity contribution in [1.29, 1.82) is 0 Å². The van der Waals surface area contributed by atoms with E-state index in [1.54, 1.807) is 31.9 Å². The molecule has 1 saturated heterocycles. The minimum atomic E-state index is -4.80. The van der Waals surface area contributed by atoms with Crippen molar-refractivity contribution in [2.24, 2.45) is 0 Å². The van der Waals surface area contributed by atoms with Gasteiger partial charge in [-0.25, -0.2) is 4.98 Å². The second-order valence-electron chi connectivity index (χ2n) is 11.6. The number of amides is 1. The SMILES string of the molecule is CCC(CC)(c1ccc(Nc2ncc(C(F)(F)F)c(Nc3ccc(C4CCNCC4)c4c3C(=O)N(C)C4)n2)c(OC)c1)P(=O)(O)O. The predicted molar refractivity (Wildman–Crippen MR) is 168 cm³/mol. The average Bonchev–Trinajstić information content (AvgIpc) is 3.32. The third-order valence-electron chi connectivity index (χ3n) is 9.14. The van der Waals surface area contributed by atoms with Crippen molar-refractivity contribution in [3.8, 4) is 5.75 Å². The summed E-state index contributed by atoms with van der Waals surface area (Å²) in [7, 11) is -1.55. The van der Waals surface area contributed by atoms with Crippen molar-refractivity contribution in [3.05, 3.63) is 64.3 Å². The number of rotatable bonds is 10. The number of hydrogen-bond donors (Lipinski definition) is 5. The lowest BCUT2D eigenvalue weighted by atomic mass is 9.85. The quantitative estimate of drug-likeness (QED) is 0.158. The van der Waals surface area contributed by atoms with Gasteiger partial charge in [0.2, 0.25) is 5.95 Å². The van der Waals surface area contributed by atoms with Gasteiger partial charge in [-0.2, -0.15) is 18.2 Å². The summed E-state index contributed by atoms with van der Waals surface area (Å²) in [6, 6.07) is 8.06. The molecule has 0 aliphatic carbocycles. The number of ether oxygens (including phenoxy) is 1. The molecule has 0 atom stereocenters. The number of alkyl halides is 3. The number of nitrogens with zero attached hydrogens (tertiary/aromatic N) is 3. The molecule has 11 nitrogen and oxygen atoms in total. The monoisotopic (exact) mass is 662 g/mol. The first-order valence-corrected chi connectivity index (χ1v) is 16.7. The van der Waals surface area contributed by atoms with Crippen LogP contribution in [0, 0.1) is 0 Å². The molecule has 0 spiro atoms. The minimum Gasteiger partial charge on any atom is -0.495 e. The van der Waals surface area contributed by atoms with E-state index < -0.39 is 30.3 Å². The van der Waals surface area contributed by atoms with Crippen LogP contribution in [0.1, 0.15) is 78.1 Å². The molecule has 248 valence electrons. The molecule has 1 amide bonds. The molecule has 0 unspecified atom stereocenters. The number of halogens is 3. The fraction of sp³-hybridized carbons (Fsp3) is 0.452. The number of methoxy groups -OCH3 is 1. The van der Waals surface area contributed by atoms with Crippen LogP contribution in [0.15, 0.2) is 36.5 Å². The van der Waals surface area contributed by atoms with Crippen LogP contribution in [-0.2, 0) is 22.4 Å². The molecule has 0 radical (unpaired) electrons. The molecule has 1 fully saturated rings. The Balaban J connectivity index is 1.52. The summed E-state index contributed by atoms with van der Waals surface area (Å²) in [6.45, 7) is 5.44. The highest BCUT2D eigenvalue weighted by Crippen LogP contribution is 2.61. The fourth-order valence-electron chi connectivity index (χ4n) is 6.51. The van der Waals surface area contributed by atoms with Crippen LogP contribution in [0.25, 0.3) is 0 Å². The lowest BCUT2D eigenvalue weighted by Crippen LogP contribution is -2.27. The summed E-state index contributed by atoms with van der Waals surface area (Å²) in [5.74, 6) is -0.593. The Kier molecular flexibility index (Phi) is 9.38. The molecule has 2 aromatic carbocycles. The molecule has 0 bridgehead atoms. The van der Waals surface area contributed by atoms with Crippen molar-refractivity contribution in [2.75, 3.05) is 37.9 Å². The molecule has 0 saturated carbocycles. The molecule has 5 N–H and O–H groups in total. The summed E-state index contributed by atoms with van der Waals surface area (Å²) in [4.78, 5) is 43.2. The van der Waals surface area contributed by atoms with Crippen molar-refractivity contribution in [1.82, 2.24) is 20.2 Å². The summed E-state index contributed by atoms with van der Waals surface area (Å²) in [5, 5.41) is 7.55. The topological polar surface area (TPSA) is 149 Å². The molecule has 3 heterocycles. The summed E-state index contributed by atoms with van der Waals surface area (Å²) >= 11 is 0. The van der Waals surface area contributed by atoms with Gasteiger partial charge in [-0.3, -0.25) is 9.36 Å². The van der Waals surface area contributed by atoms with E-state index in [1.165, 1.54) is 25.3 Å². The number of carbonyl (C=O) groups excluding carboxylic acids is 1. The summed E-state index contributed by atoms with van der Waals surface area (Å²) < 4.78 is 60.5. The van der Waals surface area contributed by atoms with Crippen molar-refractivity contribution in [3.63, 3.8) is 0 Å². The Bertz CT molecular complexity index is 1670. The van der Waals surface area contributed by atoms with Crippen LogP contribution in [-0.4, -0.2) is 57.8 Å². The van der Waals surface area contributed by atoms with Gasteiger partial charge in [-0.15, -0.1) is 0 Å². The lowest BCUT2D eigenvalue weighted by molar-refractivity contribution is -0.137. The van der Waals surface area contributed by atoms with Gasteiger partial charge in [0.25, 0.3) is 5.91 Å². The first-order valence-electron chi connectivity index (χ1n) is 15.1. The van der Waals surface area contributed by atoms with E-state index in [-0.39, 0.29) is 47.7 Å². The molecule has 3 aromatic rings.